The van der Waals surface area contributed by atoms with Gasteiger partial charge < -0.3 is 4.74 Å². The number of carbonyl (C=O) groups excluding carboxylic acids is 1. The van der Waals surface area contributed by atoms with Gasteiger partial charge in [0.15, 0.2) is 0 Å². The van der Waals surface area contributed by atoms with Gasteiger partial charge in [0.1, 0.15) is 5.60 Å². The zero-order valence-corrected chi connectivity index (χ0v) is 7.71. The molecule has 0 N–H and O–H groups in total. The minimum atomic E-state index is -0.447. The van der Waals surface area contributed by atoms with Crippen LogP contribution in [0, 0.1) is 0 Å². The minimum Gasteiger partial charge on any atom is -0.455 e. The Morgan fingerprint density at radius 1 is 1.38 bits per heavy atom. The fourth-order valence-corrected chi connectivity index (χ4v) is 1.60. The molecule has 0 spiro atoms. The van der Waals surface area contributed by atoms with Crippen LogP contribution < -0.4 is 0 Å². The second-order valence-electron chi connectivity index (χ2n) is 3.34. The van der Waals surface area contributed by atoms with Crippen LogP contribution in [0.4, 0.5) is 0 Å². The molecule has 0 aromatic heterocycles. The highest BCUT2D eigenvalue weighted by Crippen LogP contribution is 2.36. The standard InChI is InChI=1S/C11H14O2/c1-4-6-11(7-5-2)8-9(3)10(12)13-11/h4-5H,1-3,6-8H2. The van der Waals surface area contributed by atoms with Gasteiger partial charge in [-0.25, -0.2) is 4.79 Å². The van der Waals surface area contributed by atoms with E-state index in [2.05, 4.69) is 19.7 Å². The lowest BCUT2D eigenvalue weighted by molar-refractivity contribution is -0.145. The highest BCUT2D eigenvalue weighted by Gasteiger charge is 2.40. The average Bonchev–Trinajstić information content (AvgIpc) is 2.29. The first-order valence-corrected chi connectivity index (χ1v) is 4.26. The van der Waals surface area contributed by atoms with E-state index in [1.165, 1.54) is 0 Å². The molecule has 1 aliphatic rings. The molecule has 1 aliphatic heterocycles. The first-order valence-electron chi connectivity index (χ1n) is 4.26. The van der Waals surface area contributed by atoms with Gasteiger partial charge >= 0.3 is 5.97 Å². The van der Waals surface area contributed by atoms with Crippen LogP contribution in [0.5, 0.6) is 0 Å². The lowest BCUT2D eigenvalue weighted by Gasteiger charge is -2.24. The molecule has 0 saturated carbocycles. The topological polar surface area (TPSA) is 26.3 Å². The van der Waals surface area contributed by atoms with E-state index in [9.17, 15) is 4.79 Å². The molecule has 13 heavy (non-hydrogen) atoms. The largest absolute Gasteiger partial charge is 0.455 e. The van der Waals surface area contributed by atoms with E-state index >= 15 is 0 Å². The number of hydrogen-bond donors (Lipinski definition) is 0. The Hall–Kier alpha value is -1.31. The van der Waals surface area contributed by atoms with E-state index < -0.39 is 5.60 Å². The number of cyclic esters (lactones) is 1. The summed E-state index contributed by atoms with van der Waals surface area (Å²) >= 11 is 0. The molecule has 1 fully saturated rings. The van der Waals surface area contributed by atoms with Crippen LogP contribution in [0.2, 0.25) is 0 Å². The highest BCUT2D eigenvalue weighted by molar-refractivity contribution is 5.90. The fraction of sp³-hybridized carbons (Fsp3) is 0.364. The van der Waals surface area contributed by atoms with E-state index in [1.54, 1.807) is 12.2 Å². The molecule has 0 aromatic carbocycles. The number of hydrogen-bond acceptors (Lipinski definition) is 2. The molecule has 2 heteroatoms. The summed E-state index contributed by atoms with van der Waals surface area (Å²) in [6.45, 7) is 10.9. The van der Waals surface area contributed by atoms with Crippen molar-refractivity contribution in [2.75, 3.05) is 0 Å². The van der Waals surface area contributed by atoms with Crippen molar-refractivity contribution < 1.29 is 9.53 Å². The number of ether oxygens (including phenoxy) is 1. The number of carbonyl (C=O) groups is 1. The van der Waals surface area contributed by atoms with Crippen molar-refractivity contribution in [1.29, 1.82) is 0 Å². The first-order chi connectivity index (χ1) is 6.13. The van der Waals surface area contributed by atoms with Crippen molar-refractivity contribution in [3.63, 3.8) is 0 Å². The van der Waals surface area contributed by atoms with Crippen LogP contribution in [-0.4, -0.2) is 11.6 Å². The van der Waals surface area contributed by atoms with Crippen molar-refractivity contribution in [1.82, 2.24) is 0 Å². The van der Waals surface area contributed by atoms with E-state index in [4.69, 9.17) is 4.74 Å². The summed E-state index contributed by atoms with van der Waals surface area (Å²) in [4.78, 5) is 11.1. The second kappa shape index (κ2) is 3.60. The number of esters is 1. The summed E-state index contributed by atoms with van der Waals surface area (Å²) < 4.78 is 5.26. The molecular weight excluding hydrogens is 164 g/mol. The van der Waals surface area contributed by atoms with Gasteiger partial charge in [0.2, 0.25) is 0 Å². The van der Waals surface area contributed by atoms with Gasteiger partial charge in [0.25, 0.3) is 0 Å². The summed E-state index contributed by atoms with van der Waals surface area (Å²) in [7, 11) is 0. The Balaban J connectivity index is 2.80. The van der Waals surface area contributed by atoms with Crippen molar-refractivity contribution in [2.24, 2.45) is 0 Å². The molecule has 70 valence electrons. The molecule has 1 saturated heterocycles. The monoisotopic (exact) mass is 178 g/mol. The zero-order valence-electron chi connectivity index (χ0n) is 7.71. The van der Waals surface area contributed by atoms with Crippen molar-refractivity contribution in [2.45, 2.75) is 24.9 Å². The summed E-state index contributed by atoms with van der Waals surface area (Å²) in [5, 5.41) is 0. The van der Waals surface area contributed by atoms with Gasteiger partial charge in [-0.1, -0.05) is 18.7 Å². The fourth-order valence-electron chi connectivity index (χ4n) is 1.60. The Bertz CT molecular complexity index is 235. The van der Waals surface area contributed by atoms with E-state index in [0.717, 1.165) is 0 Å². The van der Waals surface area contributed by atoms with Crippen molar-refractivity contribution >= 4 is 5.97 Å². The molecular formula is C11H14O2. The van der Waals surface area contributed by atoms with Gasteiger partial charge in [-0.15, -0.1) is 13.2 Å². The maximum atomic E-state index is 11.1. The van der Waals surface area contributed by atoms with Gasteiger partial charge in [0.05, 0.1) is 0 Å². The highest BCUT2D eigenvalue weighted by atomic mass is 16.6. The molecule has 0 amide bonds. The SMILES string of the molecule is C=CCC1(CC=C)CC(=C)C(=O)O1. The van der Waals surface area contributed by atoms with Gasteiger partial charge in [-0.3, -0.25) is 0 Å². The zero-order chi connectivity index (χ0) is 9.90. The van der Waals surface area contributed by atoms with Crippen LogP contribution in [0.3, 0.4) is 0 Å². The van der Waals surface area contributed by atoms with E-state index in [0.29, 0.717) is 24.8 Å². The third-order valence-corrected chi connectivity index (χ3v) is 2.17. The van der Waals surface area contributed by atoms with Gasteiger partial charge in [-0.2, -0.15) is 0 Å². The third kappa shape index (κ3) is 1.89. The summed E-state index contributed by atoms with van der Waals surface area (Å²) in [6.07, 6.45) is 5.42. The lowest BCUT2D eigenvalue weighted by atomic mass is 9.91. The molecule has 1 heterocycles. The minimum absolute atomic E-state index is 0.288. The quantitative estimate of drug-likeness (QED) is 0.375. The van der Waals surface area contributed by atoms with E-state index in [-0.39, 0.29) is 5.97 Å². The molecule has 0 aliphatic carbocycles. The summed E-state index contributed by atoms with van der Waals surface area (Å²) in [5.41, 5.74) is 0.0983. The van der Waals surface area contributed by atoms with Crippen molar-refractivity contribution in [3.8, 4) is 0 Å². The maximum absolute atomic E-state index is 11.1. The second-order valence-corrected chi connectivity index (χ2v) is 3.34. The third-order valence-electron chi connectivity index (χ3n) is 2.17. The van der Waals surface area contributed by atoms with Crippen LogP contribution in [-0.2, 0) is 9.53 Å². The Kier molecular flexibility index (Phi) is 2.71. The maximum Gasteiger partial charge on any atom is 0.334 e. The van der Waals surface area contributed by atoms with Crippen LogP contribution in [0.1, 0.15) is 19.3 Å². The predicted octanol–water partition coefficient (Wildman–Crippen LogP) is 2.38. The molecule has 0 atom stereocenters. The Morgan fingerprint density at radius 2 is 1.92 bits per heavy atom. The smallest absolute Gasteiger partial charge is 0.334 e. The summed E-state index contributed by atoms with van der Waals surface area (Å²) in [5.74, 6) is -0.288. The normalized spacial score (nSPS) is 19.7. The van der Waals surface area contributed by atoms with Gasteiger partial charge in [0, 0.05) is 24.8 Å². The van der Waals surface area contributed by atoms with Crippen LogP contribution >= 0.6 is 0 Å². The summed E-state index contributed by atoms with van der Waals surface area (Å²) in [6, 6.07) is 0. The lowest BCUT2D eigenvalue weighted by Crippen LogP contribution is -2.26. The Morgan fingerprint density at radius 3 is 2.23 bits per heavy atom. The van der Waals surface area contributed by atoms with Gasteiger partial charge in [-0.05, 0) is 0 Å². The van der Waals surface area contributed by atoms with Crippen LogP contribution in [0.15, 0.2) is 37.5 Å². The van der Waals surface area contributed by atoms with Crippen LogP contribution in [0.25, 0.3) is 0 Å². The molecule has 1 rings (SSSR count). The van der Waals surface area contributed by atoms with Crippen molar-refractivity contribution in [3.05, 3.63) is 37.5 Å². The predicted molar refractivity (Wildman–Crippen MR) is 52.2 cm³/mol. The Labute approximate surface area is 78.6 Å². The number of rotatable bonds is 4. The molecule has 0 unspecified atom stereocenters. The average molecular weight is 178 g/mol. The molecule has 0 radical (unpaired) electrons. The molecule has 2 nitrogen and oxygen atoms in total. The molecule has 0 aromatic rings. The van der Waals surface area contributed by atoms with E-state index in [1.807, 2.05) is 0 Å². The molecule has 0 bridgehead atoms. The first kappa shape index (κ1) is 9.78.